The van der Waals surface area contributed by atoms with Crippen LogP contribution in [0.15, 0.2) is 36.5 Å². The van der Waals surface area contributed by atoms with Crippen LogP contribution in [0, 0.1) is 0 Å². The third-order valence-electron chi connectivity index (χ3n) is 16.2. The number of esters is 1. The van der Waals surface area contributed by atoms with E-state index in [9.17, 15) is 35.1 Å². The minimum atomic E-state index is -1.57. The SMILES string of the molecule is CCCCC/C=C/CC/C=C/C(O)C(COC1OC(CO)C(O)C(O)C1O)NC(=O)CCCCCCCCCCCCCCCCCC/C=C\CCCCCCCCCCCCCCOC(=O)CCCCCCCCCCCCC. The van der Waals surface area contributed by atoms with Crippen molar-refractivity contribution >= 4 is 11.9 Å². The lowest BCUT2D eigenvalue weighted by Gasteiger charge is -2.40. The number of hydrogen-bond acceptors (Lipinski definition) is 10. The van der Waals surface area contributed by atoms with Gasteiger partial charge in [0.1, 0.15) is 24.4 Å². The van der Waals surface area contributed by atoms with E-state index < -0.39 is 49.5 Å². The second-order valence-electron chi connectivity index (χ2n) is 23.9. The highest BCUT2D eigenvalue weighted by Gasteiger charge is 2.44. The van der Waals surface area contributed by atoms with E-state index >= 15 is 0 Å². The van der Waals surface area contributed by atoms with Crippen LogP contribution >= 0.6 is 0 Å². The minimum absolute atomic E-state index is 0.0101. The van der Waals surface area contributed by atoms with Crippen molar-refractivity contribution in [2.75, 3.05) is 19.8 Å². The van der Waals surface area contributed by atoms with E-state index in [4.69, 9.17) is 14.2 Å². The molecule has 0 radical (unpaired) electrons. The zero-order chi connectivity index (χ0) is 58.0. The summed E-state index contributed by atoms with van der Waals surface area (Å²) in [6, 6.07) is -0.824. The van der Waals surface area contributed by atoms with E-state index in [1.54, 1.807) is 6.08 Å². The molecule has 1 rings (SSSR count). The van der Waals surface area contributed by atoms with E-state index in [0.29, 0.717) is 19.4 Å². The van der Waals surface area contributed by atoms with E-state index in [2.05, 4.69) is 43.5 Å². The number of carbonyl (C=O) groups is 2. The lowest BCUT2D eigenvalue weighted by Crippen LogP contribution is -2.60. The average molecular weight is 1130 g/mol. The van der Waals surface area contributed by atoms with Gasteiger partial charge in [-0.15, -0.1) is 0 Å². The molecule has 0 bridgehead atoms. The molecule has 1 heterocycles. The molecule has 1 fully saturated rings. The minimum Gasteiger partial charge on any atom is -0.466 e. The molecular weight excluding hydrogens is 1000 g/mol. The highest BCUT2D eigenvalue weighted by Crippen LogP contribution is 2.23. The summed E-state index contributed by atoms with van der Waals surface area (Å²) in [6.07, 6.45) is 64.5. The average Bonchev–Trinajstić information content (AvgIpc) is 3.45. The second kappa shape index (κ2) is 58.6. The first kappa shape index (κ1) is 75.9. The summed E-state index contributed by atoms with van der Waals surface area (Å²) in [5.74, 6) is -0.181. The van der Waals surface area contributed by atoms with Crippen LogP contribution in [0.25, 0.3) is 0 Å². The number of amides is 1. The number of aliphatic hydroxyl groups excluding tert-OH is 5. The molecule has 0 aliphatic carbocycles. The predicted molar refractivity (Wildman–Crippen MR) is 334 cm³/mol. The van der Waals surface area contributed by atoms with Crippen molar-refractivity contribution in [3.63, 3.8) is 0 Å². The van der Waals surface area contributed by atoms with Crippen molar-refractivity contribution in [3.05, 3.63) is 36.5 Å². The Bertz CT molecular complexity index is 1420. The Kier molecular flexibility index (Phi) is 55.6. The highest BCUT2D eigenvalue weighted by molar-refractivity contribution is 5.76. The zero-order valence-corrected chi connectivity index (χ0v) is 52.1. The van der Waals surface area contributed by atoms with Crippen molar-refractivity contribution in [3.8, 4) is 0 Å². The summed E-state index contributed by atoms with van der Waals surface area (Å²) in [4.78, 5) is 25.0. The fraction of sp³-hybridized carbons (Fsp3) is 0.884. The van der Waals surface area contributed by atoms with Gasteiger partial charge in [-0.05, 0) is 70.6 Å². The third-order valence-corrected chi connectivity index (χ3v) is 16.2. The molecule has 1 amide bonds. The summed E-state index contributed by atoms with van der Waals surface area (Å²) >= 11 is 0. The molecule has 11 nitrogen and oxygen atoms in total. The molecule has 0 aromatic heterocycles. The van der Waals surface area contributed by atoms with Crippen molar-refractivity contribution in [2.24, 2.45) is 0 Å². The summed E-state index contributed by atoms with van der Waals surface area (Å²) in [7, 11) is 0. The van der Waals surface area contributed by atoms with Gasteiger partial charge in [-0.25, -0.2) is 0 Å². The maximum Gasteiger partial charge on any atom is 0.305 e. The summed E-state index contributed by atoms with van der Waals surface area (Å²) in [6.45, 7) is 4.30. The first-order valence-corrected chi connectivity index (χ1v) is 34.3. The fourth-order valence-corrected chi connectivity index (χ4v) is 10.8. The highest BCUT2D eigenvalue weighted by atomic mass is 16.7. The first-order valence-electron chi connectivity index (χ1n) is 34.3. The molecule has 0 aromatic carbocycles. The maximum absolute atomic E-state index is 13.0. The van der Waals surface area contributed by atoms with Crippen LogP contribution in [0.1, 0.15) is 328 Å². The maximum atomic E-state index is 13.0. The predicted octanol–water partition coefficient (Wildman–Crippen LogP) is 17.0. The van der Waals surface area contributed by atoms with Crippen LogP contribution in [0.5, 0.6) is 0 Å². The Morgan fingerprint density at radius 3 is 1.26 bits per heavy atom. The van der Waals surface area contributed by atoms with Gasteiger partial charge in [-0.3, -0.25) is 9.59 Å². The Morgan fingerprint density at radius 1 is 0.450 bits per heavy atom. The van der Waals surface area contributed by atoms with Crippen LogP contribution in [-0.2, 0) is 23.8 Å². The smallest absolute Gasteiger partial charge is 0.305 e. The molecule has 1 aliphatic heterocycles. The van der Waals surface area contributed by atoms with Crippen molar-refractivity contribution in [1.82, 2.24) is 5.32 Å². The van der Waals surface area contributed by atoms with Gasteiger partial charge in [0.05, 0.1) is 32.0 Å². The molecule has 0 saturated carbocycles. The van der Waals surface area contributed by atoms with Gasteiger partial charge in [0.2, 0.25) is 5.91 Å². The lowest BCUT2D eigenvalue weighted by molar-refractivity contribution is -0.302. The van der Waals surface area contributed by atoms with Gasteiger partial charge in [0, 0.05) is 12.8 Å². The molecule has 6 N–H and O–H groups in total. The molecular formula is C69H129NO10. The fourth-order valence-electron chi connectivity index (χ4n) is 10.8. The number of rotatable bonds is 60. The Hall–Kier alpha value is -2.12. The molecule has 7 unspecified atom stereocenters. The third kappa shape index (κ3) is 47.3. The number of ether oxygens (including phenoxy) is 3. The van der Waals surface area contributed by atoms with Crippen LogP contribution in [0.4, 0.5) is 0 Å². The number of nitrogens with one attached hydrogen (secondary N) is 1. The van der Waals surface area contributed by atoms with Gasteiger partial charge in [0.25, 0.3) is 0 Å². The first-order chi connectivity index (χ1) is 39.2. The molecule has 11 heteroatoms. The van der Waals surface area contributed by atoms with Crippen molar-refractivity contribution in [1.29, 1.82) is 0 Å². The number of carbonyl (C=O) groups excluding carboxylic acids is 2. The van der Waals surface area contributed by atoms with E-state index in [1.807, 2.05) is 6.08 Å². The zero-order valence-electron chi connectivity index (χ0n) is 52.1. The summed E-state index contributed by atoms with van der Waals surface area (Å²) < 4.78 is 16.7. The summed E-state index contributed by atoms with van der Waals surface area (Å²) in [5.41, 5.74) is 0. The van der Waals surface area contributed by atoms with E-state index in [0.717, 1.165) is 51.4 Å². The Morgan fingerprint density at radius 2 is 0.812 bits per heavy atom. The van der Waals surface area contributed by atoms with Gasteiger partial charge >= 0.3 is 5.97 Å². The van der Waals surface area contributed by atoms with Crippen molar-refractivity contribution < 1.29 is 49.3 Å². The summed E-state index contributed by atoms with van der Waals surface area (Å²) in [5, 5.41) is 54.2. The standard InChI is InChI=1S/C69H129NO10/c1-3-5-7-9-11-13-36-41-45-49-53-57-65(74)78-58-54-50-46-42-38-35-33-31-29-27-25-23-21-19-17-15-14-16-18-20-22-24-26-28-30-32-34-37-40-44-48-52-56-64(73)70-61(62(72)55-51-47-43-39-12-10-8-6-4-2)60-79-69-68(77)67(76)66(75)63(59-71)80-69/h12,17,19,39,51,55,61-63,66-69,71-72,75-77H,3-11,13-16,18,20-38,40-50,52-54,56-60H2,1-2H3,(H,70,73)/b19-17-,39-12+,55-51+. The number of hydrogen-bond donors (Lipinski definition) is 6. The second-order valence-corrected chi connectivity index (χ2v) is 23.9. The molecule has 0 spiro atoms. The Balaban J connectivity index is 1.92. The quantitative estimate of drug-likeness (QED) is 0.0195. The molecule has 7 atom stereocenters. The molecule has 80 heavy (non-hydrogen) atoms. The van der Waals surface area contributed by atoms with Crippen molar-refractivity contribution in [2.45, 2.75) is 371 Å². The van der Waals surface area contributed by atoms with Crippen LogP contribution < -0.4 is 5.32 Å². The van der Waals surface area contributed by atoms with Gasteiger partial charge in [0.15, 0.2) is 6.29 Å². The topological polar surface area (TPSA) is 175 Å². The normalized spacial score (nSPS) is 18.5. The van der Waals surface area contributed by atoms with Gasteiger partial charge < -0.3 is 45.1 Å². The number of aliphatic hydroxyl groups is 5. The Labute approximate surface area is 492 Å². The molecule has 1 aliphatic rings. The molecule has 1 saturated heterocycles. The van der Waals surface area contributed by atoms with Crippen LogP contribution in [-0.4, -0.2) is 100 Å². The van der Waals surface area contributed by atoms with E-state index in [1.165, 1.54) is 250 Å². The number of unbranched alkanes of at least 4 members (excludes halogenated alkanes) is 42. The molecule has 0 aromatic rings. The van der Waals surface area contributed by atoms with Crippen LogP contribution in [0.2, 0.25) is 0 Å². The van der Waals surface area contributed by atoms with Gasteiger partial charge in [-0.1, -0.05) is 281 Å². The van der Waals surface area contributed by atoms with Crippen LogP contribution in [0.3, 0.4) is 0 Å². The lowest BCUT2D eigenvalue weighted by atomic mass is 9.99. The van der Waals surface area contributed by atoms with E-state index in [-0.39, 0.29) is 18.5 Å². The largest absolute Gasteiger partial charge is 0.466 e. The molecule has 470 valence electrons. The monoisotopic (exact) mass is 1130 g/mol. The van der Waals surface area contributed by atoms with Gasteiger partial charge in [-0.2, -0.15) is 0 Å². The number of allylic oxidation sites excluding steroid dienone is 5.